The van der Waals surface area contributed by atoms with Gasteiger partial charge in [-0.25, -0.2) is 0 Å². The van der Waals surface area contributed by atoms with E-state index in [-0.39, 0.29) is 17.4 Å². The Morgan fingerprint density at radius 1 is 0.857 bits per heavy atom. The first kappa shape index (κ1) is 19.3. The predicted molar refractivity (Wildman–Crippen MR) is 101 cm³/mol. The second kappa shape index (κ2) is 9.47. The fraction of sp³-hybridized carbons (Fsp3) is 0.105. The summed E-state index contributed by atoms with van der Waals surface area (Å²) in [5, 5.41) is 2.74. The Labute approximate surface area is 164 Å². The highest BCUT2D eigenvalue weighted by atomic mass is 32.2. The van der Waals surface area contributed by atoms with Crippen molar-refractivity contribution in [3.63, 3.8) is 0 Å². The number of hydrazine groups is 1. The number of nitrogens with one attached hydrogen (secondary N) is 3. The summed E-state index contributed by atoms with van der Waals surface area (Å²) in [5.74, 6) is -0.395. The minimum atomic E-state index is -0.569. The standard InChI is InChI=1S/C19H17N3O5S/c23-17(20-11-13-5-3-9-26-13)12-28-16-8-2-1-6-14(16)18(24)21-22-19(25)15-7-4-10-27-15/h1-10H,11-12H2,(H,20,23)(H,21,24)(H,22,25). The van der Waals surface area contributed by atoms with Crippen molar-refractivity contribution >= 4 is 29.5 Å². The Bertz CT molecular complexity index is 938. The number of thioether (sulfide) groups is 1. The molecule has 0 aliphatic rings. The maximum absolute atomic E-state index is 12.4. The summed E-state index contributed by atoms with van der Waals surface area (Å²) in [6, 6.07) is 13.4. The van der Waals surface area contributed by atoms with Crippen LogP contribution in [0.3, 0.4) is 0 Å². The lowest BCUT2D eigenvalue weighted by Gasteiger charge is -2.10. The van der Waals surface area contributed by atoms with E-state index >= 15 is 0 Å². The van der Waals surface area contributed by atoms with Gasteiger partial charge in [0, 0.05) is 4.90 Å². The van der Waals surface area contributed by atoms with E-state index in [4.69, 9.17) is 8.83 Å². The number of amides is 3. The van der Waals surface area contributed by atoms with Gasteiger partial charge in [0.05, 0.1) is 30.4 Å². The Balaban J connectivity index is 1.52. The van der Waals surface area contributed by atoms with Crippen molar-refractivity contribution in [1.82, 2.24) is 16.2 Å². The van der Waals surface area contributed by atoms with Crippen LogP contribution in [0.2, 0.25) is 0 Å². The SMILES string of the molecule is O=C(CSc1ccccc1C(=O)NNC(=O)c1ccco1)NCc1ccco1. The van der Waals surface area contributed by atoms with E-state index < -0.39 is 11.8 Å². The molecule has 0 bridgehead atoms. The lowest BCUT2D eigenvalue weighted by molar-refractivity contribution is -0.118. The van der Waals surface area contributed by atoms with Crippen LogP contribution < -0.4 is 16.2 Å². The molecule has 2 heterocycles. The molecule has 0 aliphatic heterocycles. The minimum absolute atomic E-state index is 0.0798. The van der Waals surface area contributed by atoms with Gasteiger partial charge in [-0.15, -0.1) is 11.8 Å². The largest absolute Gasteiger partial charge is 0.467 e. The molecule has 144 valence electrons. The molecule has 3 rings (SSSR count). The molecule has 9 heteroatoms. The van der Waals surface area contributed by atoms with Crippen LogP contribution in [0.15, 0.2) is 74.8 Å². The highest BCUT2D eigenvalue weighted by Crippen LogP contribution is 2.22. The molecular weight excluding hydrogens is 382 g/mol. The van der Waals surface area contributed by atoms with E-state index in [2.05, 4.69) is 16.2 Å². The molecule has 0 aliphatic carbocycles. The Morgan fingerprint density at radius 2 is 1.61 bits per heavy atom. The molecule has 0 radical (unpaired) electrons. The van der Waals surface area contributed by atoms with E-state index in [1.807, 2.05) is 0 Å². The van der Waals surface area contributed by atoms with Gasteiger partial charge in [0.25, 0.3) is 5.91 Å². The normalized spacial score (nSPS) is 10.3. The fourth-order valence-electron chi connectivity index (χ4n) is 2.22. The number of carbonyl (C=O) groups excluding carboxylic acids is 3. The molecule has 0 spiro atoms. The third-order valence-corrected chi connectivity index (χ3v) is 4.64. The summed E-state index contributed by atoms with van der Waals surface area (Å²) >= 11 is 1.22. The molecule has 8 nitrogen and oxygen atoms in total. The lowest BCUT2D eigenvalue weighted by Crippen LogP contribution is -2.41. The van der Waals surface area contributed by atoms with Crippen molar-refractivity contribution in [2.24, 2.45) is 0 Å². The van der Waals surface area contributed by atoms with Crippen molar-refractivity contribution in [1.29, 1.82) is 0 Å². The van der Waals surface area contributed by atoms with Crippen molar-refractivity contribution in [3.05, 3.63) is 78.1 Å². The van der Waals surface area contributed by atoms with Crippen LogP contribution in [-0.2, 0) is 11.3 Å². The molecule has 0 saturated carbocycles. The molecule has 0 saturated heterocycles. The first-order valence-electron chi connectivity index (χ1n) is 8.28. The third-order valence-electron chi connectivity index (χ3n) is 3.56. The molecule has 3 N–H and O–H groups in total. The third kappa shape index (κ3) is 5.27. The number of furan rings is 2. The van der Waals surface area contributed by atoms with Gasteiger partial charge in [-0.05, 0) is 36.4 Å². The summed E-state index contributed by atoms with van der Waals surface area (Å²) < 4.78 is 10.1. The summed E-state index contributed by atoms with van der Waals surface area (Å²) in [5.41, 5.74) is 4.95. The van der Waals surface area contributed by atoms with Crippen LogP contribution in [-0.4, -0.2) is 23.5 Å². The summed E-state index contributed by atoms with van der Waals surface area (Å²) in [6.07, 6.45) is 2.90. The van der Waals surface area contributed by atoms with E-state index in [9.17, 15) is 14.4 Å². The Kier molecular flexibility index (Phi) is 6.53. The van der Waals surface area contributed by atoms with Crippen molar-refractivity contribution in [3.8, 4) is 0 Å². The maximum atomic E-state index is 12.4. The first-order chi connectivity index (χ1) is 13.6. The molecule has 28 heavy (non-hydrogen) atoms. The van der Waals surface area contributed by atoms with Crippen molar-refractivity contribution < 1.29 is 23.2 Å². The van der Waals surface area contributed by atoms with Crippen LogP contribution in [0.4, 0.5) is 0 Å². The second-order valence-corrected chi connectivity index (χ2v) is 6.54. The quantitative estimate of drug-likeness (QED) is 0.415. The highest BCUT2D eigenvalue weighted by molar-refractivity contribution is 8.00. The summed E-state index contributed by atoms with van der Waals surface area (Å²) in [7, 11) is 0. The summed E-state index contributed by atoms with van der Waals surface area (Å²) in [6.45, 7) is 0.299. The minimum Gasteiger partial charge on any atom is -0.467 e. The number of benzene rings is 1. The van der Waals surface area contributed by atoms with Gasteiger partial charge < -0.3 is 14.2 Å². The summed E-state index contributed by atoms with van der Waals surface area (Å²) in [4.78, 5) is 36.8. The fourth-order valence-corrected chi connectivity index (χ4v) is 3.10. The highest BCUT2D eigenvalue weighted by Gasteiger charge is 2.15. The number of carbonyl (C=O) groups is 3. The maximum Gasteiger partial charge on any atom is 0.305 e. The van der Waals surface area contributed by atoms with Gasteiger partial charge in [-0.2, -0.15) is 0 Å². The number of rotatable bonds is 7. The van der Waals surface area contributed by atoms with Gasteiger partial charge >= 0.3 is 5.91 Å². The topological polar surface area (TPSA) is 114 Å². The van der Waals surface area contributed by atoms with E-state index in [0.29, 0.717) is 22.8 Å². The molecule has 0 fully saturated rings. The molecule has 0 atom stereocenters. The van der Waals surface area contributed by atoms with E-state index in [1.54, 1.807) is 42.5 Å². The Hall–Kier alpha value is -3.46. The van der Waals surface area contributed by atoms with Crippen LogP contribution in [0.25, 0.3) is 0 Å². The average Bonchev–Trinajstić information content (AvgIpc) is 3.43. The molecule has 0 unspecified atom stereocenters. The molecule has 3 aromatic rings. The molecular formula is C19H17N3O5S. The van der Waals surface area contributed by atoms with Crippen LogP contribution in [0, 0.1) is 0 Å². The van der Waals surface area contributed by atoms with Gasteiger partial charge in [-0.3, -0.25) is 25.2 Å². The molecule has 1 aromatic carbocycles. The number of hydrogen-bond acceptors (Lipinski definition) is 6. The van der Waals surface area contributed by atoms with Gasteiger partial charge in [0.2, 0.25) is 5.91 Å². The van der Waals surface area contributed by atoms with Gasteiger partial charge in [0.15, 0.2) is 5.76 Å². The van der Waals surface area contributed by atoms with Crippen LogP contribution in [0.1, 0.15) is 26.7 Å². The molecule has 2 aromatic heterocycles. The lowest BCUT2D eigenvalue weighted by atomic mass is 10.2. The monoisotopic (exact) mass is 399 g/mol. The van der Waals surface area contributed by atoms with Crippen LogP contribution >= 0.6 is 11.8 Å². The second-order valence-electron chi connectivity index (χ2n) is 5.53. The smallest absolute Gasteiger partial charge is 0.305 e. The zero-order valence-corrected chi connectivity index (χ0v) is 15.5. The van der Waals surface area contributed by atoms with Crippen molar-refractivity contribution in [2.45, 2.75) is 11.4 Å². The zero-order valence-electron chi connectivity index (χ0n) is 14.6. The zero-order chi connectivity index (χ0) is 19.8. The van der Waals surface area contributed by atoms with E-state index in [0.717, 1.165) is 0 Å². The number of hydrogen-bond donors (Lipinski definition) is 3. The first-order valence-corrected chi connectivity index (χ1v) is 9.27. The average molecular weight is 399 g/mol. The van der Waals surface area contributed by atoms with Crippen molar-refractivity contribution in [2.75, 3.05) is 5.75 Å². The van der Waals surface area contributed by atoms with Crippen LogP contribution in [0.5, 0.6) is 0 Å². The predicted octanol–water partition coefficient (Wildman–Crippen LogP) is 2.36. The van der Waals surface area contributed by atoms with Gasteiger partial charge in [0.1, 0.15) is 5.76 Å². The van der Waals surface area contributed by atoms with E-state index in [1.165, 1.54) is 30.4 Å². The molecule has 3 amide bonds. The van der Waals surface area contributed by atoms with Gasteiger partial charge in [-0.1, -0.05) is 12.1 Å². The Morgan fingerprint density at radius 3 is 2.36 bits per heavy atom.